The maximum absolute atomic E-state index is 11.9. The molecule has 0 aliphatic rings. The summed E-state index contributed by atoms with van der Waals surface area (Å²) in [7, 11) is 0. The van der Waals surface area contributed by atoms with Gasteiger partial charge in [0.15, 0.2) is 0 Å². The number of rotatable bonds is 3. The van der Waals surface area contributed by atoms with Gasteiger partial charge in [0.25, 0.3) is 12.0 Å². The molecule has 0 fully saturated rings. The first-order valence-corrected chi connectivity index (χ1v) is 4.69. The van der Waals surface area contributed by atoms with Gasteiger partial charge in [-0.1, -0.05) is 6.07 Å². The lowest BCUT2D eigenvalue weighted by atomic mass is 10.2. The second-order valence-corrected chi connectivity index (χ2v) is 3.26. The van der Waals surface area contributed by atoms with E-state index in [1.54, 1.807) is 18.2 Å². The van der Waals surface area contributed by atoms with Crippen LogP contribution in [0.2, 0.25) is 0 Å². The minimum atomic E-state index is -2.52. The third-order valence-electron chi connectivity index (χ3n) is 2.12. The Hall–Kier alpha value is -1.91. The molecule has 0 saturated heterocycles. The lowest BCUT2D eigenvalue weighted by molar-refractivity contribution is 0.0820. The molecule has 1 aromatic heterocycles. The van der Waals surface area contributed by atoms with Gasteiger partial charge in [0.1, 0.15) is 12.4 Å². The highest BCUT2D eigenvalue weighted by Gasteiger charge is 2.05. The zero-order chi connectivity index (χ0) is 11.5. The molecule has 0 atom stereocenters. The van der Waals surface area contributed by atoms with Crippen molar-refractivity contribution < 1.29 is 13.5 Å². The summed E-state index contributed by atoms with van der Waals surface area (Å²) in [5, 5.41) is 1.17. The predicted octanol–water partition coefficient (Wildman–Crippen LogP) is 2.17. The Morgan fingerprint density at radius 3 is 2.88 bits per heavy atom. The van der Waals surface area contributed by atoms with E-state index in [0.29, 0.717) is 5.39 Å². The standard InChI is InChI=1S/C11H9F2NO2/c12-10(13)6-16-8-2-1-7-3-4-14-11(15)9(7)5-8/h1-5,10H,6H2,(H,14,15). The summed E-state index contributed by atoms with van der Waals surface area (Å²) in [4.78, 5) is 13.9. The molecule has 0 amide bonds. The second-order valence-electron chi connectivity index (χ2n) is 3.26. The average Bonchev–Trinajstić information content (AvgIpc) is 2.27. The van der Waals surface area contributed by atoms with E-state index in [-0.39, 0.29) is 11.3 Å². The van der Waals surface area contributed by atoms with Crippen molar-refractivity contribution in [1.29, 1.82) is 0 Å². The molecule has 0 radical (unpaired) electrons. The summed E-state index contributed by atoms with van der Waals surface area (Å²) in [6.45, 7) is -0.670. The SMILES string of the molecule is O=c1[nH]ccc2ccc(OCC(F)F)cc12. The zero-order valence-corrected chi connectivity index (χ0v) is 8.24. The number of benzene rings is 1. The zero-order valence-electron chi connectivity index (χ0n) is 8.24. The topological polar surface area (TPSA) is 42.1 Å². The van der Waals surface area contributed by atoms with E-state index in [9.17, 15) is 13.6 Å². The molecule has 2 aromatic rings. The van der Waals surface area contributed by atoms with E-state index in [0.717, 1.165) is 5.39 Å². The molecular weight excluding hydrogens is 216 g/mol. The van der Waals surface area contributed by atoms with E-state index in [4.69, 9.17) is 4.74 Å². The van der Waals surface area contributed by atoms with Crippen LogP contribution in [0.25, 0.3) is 10.8 Å². The van der Waals surface area contributed by atoms with E-state index in [1.807, 2.05) is 0 Å². The molecule has 1 N–H and O–H groups in total. The van der Waals surface area contributed by atoms with Crippen molar-refractivity contribution in [3.05, 3.63) is 40.8 Å². The van der Waals surface area contributed by atoms with Gasteiger partial charge in [-0.15, -0.1) is 0 Å². The Kier molecular flexibility index (Phi) is 2.85. The normalized spacial score (nSPS) is 10.9. The molecule has 3 nitrogen and oxygen atoms in total. The molecule has 5 heteroatoms. The minimum Gasteiger partial charge on any atom is -0.488 e. The summed E-state index contributed by atoms with van der Waals surface area (Å²) in [6.07, 6.45) is -0.991. The van der Waals surface area contributed by atoms with E-state index >= 15 is 0 Å². The maximum Gasteiger partial charge on any atom is 0.272 e. The fourth-order valence-corrected chi connectivity index (χ4v) is 1.41. The van der Waals surface area contributed by atoms with E-state index in [2.05, 4.69) is 4.98 Å². The molecule has 0 aliphatic heterocycles. The van der Waals surface area contributed by atoms with Crippen molar-refractivity contribution in [3.63, 3.8) is 0 Å². The Balaban J connectivity index is 2.36. The second kappa shape index (κ2) is 4.30. The van der Waals surface area contributed by atoms with Gasteiger partial charge in [0.05, 0.1) is 5.39 Å². The van der Waals surface area contributed by atoms with Gasteiger partial charge in [-0.3, -0.25) is 4.79 Å². The van der Waals surface area contributed by atoms with Crippen LogP contribution in [-0.2, 0) is 0 Å². The fraction of sp³-hybridized carbons (Fsp3) is 0.182. The van der Waals surface area contributed by atoms with Crippen LogP contribution in [0.5, 0.6) is 5.75 Å². The van der Waals surface area contributed by atoms with Crippen LogP contribution in [0.1, 0.15) is 0 Å². The lowest BCUT2D eigenvalue weighted by Crippen LogP contribution is -2.08. The molecule has 0 aliphatic carbocycles. The van der Waals surface area contributed by atoms with Gasteiger partial charge >= 0.3 is 0 Å². The molecule has 0 spiro atoms. The first-order chi connectivity index (χ1) is 7.66. The van der Waals surface area contributed by atoms with E-state index < -0.39 is 13.0 Å². The predicted molar refractivity (Wildman–Crippen MR) is 56.1 cm³/mol. The van der Waals surface area contributed by atoms with Crippen molar-refractivity contribution in [3.8, 4) is 5.75 Å². The molecule has 0 unspecified atom stereocenters. The quantitative estimate of drug-likeness (QED) is 0.869. The summed E-state index contributed by atoms with van der Waals surface area (Å²) in [6, 6.07) is 6.40. The first kappa shape index (κ1) is 10.6. The molecule has 16 heavy (non-hydrogen) atoms. The van der Waals surface area contributed by atoms with Crippen LogP contribution in [0.15, 0.2) is 35.3 Å². The van der Waals surface area contributed by atoms with Crippen molar-refractivity contribution in [2.24, 2.45) is 0 Å². The number of pyridine rings is 1. The number of halogens is 2. The van der Waals surface area contributed by atoms with Crippen molar-refractivity contribution in [1.82, 2.24) is 4.98 Å². The van der Waals surface area contributed by atoms with Crippen molar-refractivity contribution >= 4 is 10.8 Å². The number of aromatic nitrogens is 1. The maximum atomic E-state index is 11.9. The van der Waals surface area contributed by atoms with Gasteiger partial charge in [0, 0.05) is 6.20 Å². The summed E-state index contributed by atoms with van der Waals surface area (Å²) in [5.74, 6) is 0.268. The Bertz CT molecular complexity index is 551. The molecular formula is C11H9F2NO2. The van der Waals surface area contributed by atoms with E-state index in [1.165, 1.54) is 12.3 Å². The lowest BCUT2D eigenvalue weighted by Gasteiger charge is -2.05. The molecule has 1 heterocycles. The van der Waals surface area contributed by atoms with Gasteiger partial charge in [0.2, 0.25) is 0 Å². The largest absolute Gasteiger partial charge is 0.488 e. The van der Waals surface area contributed by atoms with Crippen LogP contribution in [0.3, 0.4) is 0 Å². The van der Waals surface area contributed by atoms with Crippen LogP contribution in [0, 0.1) is 0 Å². The first-order valence-electron chi connectivity index (χ1n) is 4.69. The molecule has 2 rings (SSSR count). The number of ether oxygens (including phenoxy) is 1. The number of hydrogen-bond donors (Lipinski definition) is 1. The number of aromatic amines is 1. The Morgan fingerprint density at radius 2 is 2.12 bits per heavy atom. The minimum absolute atomic E-state index is 0.264. The summed E-state index contributed by atoms with van der Waals surface area (Å²) >= 11 is 0. The van der Waals surface area contributed by atoms with Gasteiger partial charge in [-0.05, 0) is 23.6 Å². The Labute approximate surface area is 89.7 Å². The molecule has 0 bridgehead atoms. The summed E-state index contributed by atoms with van der Waals surface area (Å²) in [5.41, 5.74) is -0.264. The highest BCUT2D eigenvalue weighted by atomic mass is 19.3. The van der Waals surface area contributed by atoms with Crippen LogP contribution in [0.4, 0.5) is 8.78 Å². The highest BCUT2D eigenvalue weighted by Crippen LogP contribution is 2.17. The van der Waals surface area contributed by atoms with Crippen LogP contribution >= 0.6 is 0 Å². The van der Waals surface area contributed by atoms with Crippen molar-refractivity contribution in [2.75, 3.05) is 6.61 Å². The molecule has 1 aromatic carbocycles. The number of alkyl halides is 2. The van der Waals surface area contributed by atoms with Gasteiger partial charge in [-0.25, -0.2) is 8.78 Å². The number of nitrogens with one attached hydrogen (secondary N) is 1. The molecule has 0 saturated carbocycles. The number of fused-ring (bicyclic) bond motifs is 1. The smallest absolute Gasteiger partial charge is 0.272 e. The third-order valence-corrected chi connectivity index (χ3v) is 2.12. The van der Waals surface area contributed by atoms with Crippen molar-refractivity contribution in [2.45, 2.75) is 6.43 Å². The number of H-pyrrole nitrogens is 1. The number of hydrogen-bond acceptors (Lipinski definition) is 2. The van der Waals surface area contributed by atoms with Crippen LogP contribution in [-0.4, -0.2) is 18.0 Å². The molecule has 84 valence electrons. The Morgan fingerprint density at radius 1 is 1.31 bits per heavy atom. The summed E-state index contributed by atoms with van der Waals surface area (Å²) < 4.78 is 28.7. The third kappa shape index (κ3) is 2.18. The highest BCUT2D eigenvalue weighted by molar-refractivity contribution is 5.82. The van der Waals surface area contributed by atoms with Crippen LogP contribution < -0.4 is 10.3 Å². The van der Waals surface area contributed by atoms with Gasteiger partial charge < -0.3 is 9.72 Å². The monoisotopic (exact) mass is 225 g/mol. The average molecular weight is 225 g/mol. The fourth-order valence-electron chi connectivity index (χ4n) is 1.41. The van der Waals surface area contributed by atoms with Gasteiger partial charge in [-0.2, -0.15) is 0 Å².